The van der Waals surface area contributed by atoms with Gasteiger partial charge in [-0.05, 0) is 26.0 Å². The summed E-state index contributed by atoms with van der Waals surface area (Å²) in [6.45, 7) is 14.7. The highest BCUT2D eigenvalue weighted by atomic mass is 35.5. The molecular weight excluding hydrogens is 285 g/mol. The fourth-order valence-electron chi connectivity index (χ4n) is 1.78. The normalized spacial score (nSPS) is 11.1. The van der Waals surface area contributed by atoms with Crippen LogP contribution in [0.4, 0.5) is 0 Å². The van der Waals surface area contributed by atoms with E-state index >= 15 is 0 Å². The van der Waals surface area contributed by atoms with E-state index in [4.69, 9.17) is 9.05 Å². The molecule has 0 fully saturated rings. The third kappa shape index (κ3) is 10.3. The van der Waals surface area contributed by atoms with Crippen LogP contribution in [0.25, 0.3) is 0 Å². The standard InChI is InChI=1S/C13H26NO3P.ClH/c1-5-10-14(11-6-2)12-9-13-18(15,16-7-3)17-8-4;/h5-6H,1-2,7-13H2,3-4H3;1H. The molecule has 0 radical (unpaired) electrons. The zero-order chi connectivity index (χ0) is 13.9. The Kier molecular flexibility index (Phi) is 14.4. The van der Waals surface area contributed by atoms with E-state index in [0.29, 0.717) is 19.4 Å². The molecule has 0 rings (SSSR count). The Balaban J connectivity index is 0. The Morgan fingerprint density at radius 2 is 1.58 bits per heavy atom. The molecule has 0 aromatic rings. The van der Waals surface area contributed by atoms with E-state index in [1.54, 1.807) is 0 Å². The quantitative estimate of drug-likeness (QED) is 0.368. The molecule has 0 bridgehead atoms. The van der Waals surface area contributed by atoms with Crippen molar-refractivity contribution in [1.82, 2.24) is 0 Å². The van der Waals surface area contributed by atoms with Crippen LogP contribution in [-0.2, 0) is 13.6 Å². The van der Waals surface area contributed by atoms with E-state index in [9.17, 15) is 4.57 Å². The lowest BCUT2D eigenvalue weighted by atomic mass is 10.4. The lowest BCUT2D eigenvalue weighted by molar-refractivity contribution is -0.888. The number of hydrogen-bond acceptors (Lipinski definition) is 3. The molecule has 0 atom stereocenters. The van der Waals surface area contributed by atoms with E-state index in [1.807, 2.05) is 26.0 Å². The summed E-state index contributed by atoms with van der Waals surface area (Å²) in [6.07, 6.45) is 5.08. The molecule has 0 aliphatic heterocycles. The van der Waals surface area contributed by atoms with Crippen LogP contribution >= 0.6 is 7.60 Å². The molecular formula is C13H27ClNO3P. The third-order valence-corrected chi connectivity index (χ3v) is 4.65. The highest BCUT2D eigenvalue weighted by molar-refractivity contribution is 7.53. The maximum Gasteiger partial charge on any atom is 0.330 e. The summed E-state index contributed by atoms with van der Waals surface area (Å²) < 4.78 is 22.7. The SMILES string of the molecule is C=CC[NH+](CC=C)CCCP(=O)(OCC)OCC.[Cl-]. The Bertz CT molecular complexity index is 267. The molecule has 0 saturated heterocycles. The molecule has 6 heteroatoms. The van der Waals surface area contributed by atoms with Crippen molar-refractivity contribution in [2.75, 3.05) is 39.0 Å². The molecule has 1 N–H and O–H groups in total. The van der Waals surface area contributed by atoms with Crippen molar-refractivity contribution in [3.05, 3.63) is 25.3 Å². The minimum atomic E-state index is -2.88. The molecule has 0 aromatic carbocycles. The van der Waals surface area contributed by atoms with Crippen molar-refractivity contribution in [2.45, 2.75) is 20.3 Å². The molecule has 114 valence electrons. The number of nitrogens with one attached hydrogen (secondary N) is 1. The number of halogens is 1. The maximum atomic E-state index is 12.2. The van der Waals surface area contributed by atoms with Gasteiger partial charge in [0.15, 0.2) is 0 Å². The molecule has 0 aliphatic rings. The van der Waals surface area contributed by atoms with Gasteiger partial charge < -0.3 is 26.4 Å². The van der Waals surface area contributed by atoms with Gasteiger partial charge in [0, 0.05) is 6.42 Å². The zero-order valence-corrected chi connectivity index (χ0v) is 13.7. The first-order valence-corrected chi connectivity index (χ1v) is 8.28. The summed E-state index contributed by atoms with van der Waals surface area (Å²) in [4.78, 5) is 1.36. The largest absolute Gasteiger partial charge is 1.00 e. The lowest BCUT2D eigenvalue weighted by Crippen LogP contribution is -3.11. The summed E-state index contributed by atoms with van der Waals surface area (Å²) in [7, 11) is -2.88. The van der Waals surface area contributed by atoms with Gasteiger partial charge in [-0.3, -0.25) is 4.57 Å². The molecule has 0 spiro atoms. The second-order valence-corrected chi connectivity index (χ2v) is 6.19. The van der Waals surface area contributed by atoms with Crippen molar-refractivity contribution in [3.63, 3.8) is 0 Å². The average molecular weight is 312 g/mol. The van der Waals surface area contributed by atoms with Crippen molar-refractivity contribution >= 4 is 7.60 Å². The number of rotatable bonds is 12. The smallest absolute Gasteiger partial charge is 0.330 e. The fourth-order valence-corrected chi connectivity index (χ4v) is 3.44. The van der Waals surface area contributed by atoms with Crippen LogP contribution in [0.1, 0.15) is 20.3 Å². The second kappa shape index (κ2) is 12.9. The topological polar surface area (TPSA) is 40.0 Å². The Morgan fingerprint density at radius 3 is 1.95 bits per heavy atom. The molecule has 0 heterocycles. The van der Waals surface area contributed by atoms with Gasteiger partial charge in [0.05, 0.1) is 39.0 Å². The molecule has 19 heavy (non-hydrogen) atoms. The van der Waals surface area contributed by atoms with Crippen LogP contribution in [0, 0.1) is 0 Å². The van der Waals surface area contributed by atoms with Gasteiger partial charge in [-0.1, -0.05) is 13.2 Å². The van der Waals surface area contributed by atoms with E-state index < -0.39 is 7.60 Å². The van der Waals surface area contributed by atoms with Gasteiger partial charge >= 0.3 is 7.60 Å². The summed E-state index contributed by atoms with van der Waals surface area (Å²) in [6, 6.07) is 0. The fraction of sp³-hybridized carbons (Fsp3) is 0.692. The van der Waals surface area contributed by atoms with E-state index in [1.165, 1.54) is 4.90 Å². The Morgan fingerprint density at radius 1 is 1.11 bits per heavy atom. The summed E-state index contributed by atoms with van der Waals surface area (Å²) in [5, 5.41) is 0. The van der Waals surface area contributed by atoms with Crippen LogP contribution in [0.5, 0.6) is 0 Å². The monoisotopic (exact) mass is 311 g/mol. The van der Waals surface area contributed by atoms with Crippen molar-refractivity contribution < 1.29 is 30.9 Å². The molecule has 0 unspecified atom stereocenters. The van der Waals surface area contributed by atoms with E-state index in [0.717, 1.165) is 26.1 Å². The minimum Gasteiger partial charge on any atom is -1.00 e. The van der Waals surface area contributed by atoms with E-state index in [2.05, 4.69) is 13.2 Å². The first-order chi connectivity index (χ1) is 8.61. The van der Waals surface area contributed by atoms with Crippen molar-refractivity contribution in [1.29, 1.82) is 0 Å². The average Bonchev–Trinajstić information content (AvgIpc) is 2.30. The van der Waals surface area contributed by atoms with Gasteiger partial charge in [-0.25, -0.2) is 0 Å². The first-order valence-electron chi connectivity index (χ1n) is 6.55. The van der Waals surface area contributed by atoms with Crippen LogP contribution in [-0.4, -0.2) is 39.0 Å². The molecule has 4 nitrogen and oxygen atoms in total. The van der Waals surface area contributed by atoms with Crippen LogP contribution < -0.4 is 17.3 Å². The molecule has 0 saturated carbocycles. The highest BCUT2D eigenvalue weighted by Crippen LogP contribution is 2.48. The minimum absolute atomic E-state index is 0. The second-order valence-electron chi connectivity index (χ2n) is 4.01. The van der Waals surface area contributed by atoms with Crippen molar-refractivity contribution in [2.24, 2.45) is 0 Å². The van der Waals surface area contributed by atoms with Crippen LogP contribution in [0.2, 0.25) is 0 Å². The lowest BCUT2D eigenvalue weighted by Gasteiger charge is -2.19. The number of hydrogen-bond donors (Lipinski definition) is 1. The van der Waals surface area contributed by atoms with Crippen LogP contribution in [0.3, 0.4) is 0 Å². The predicted octanol–water partition coefficient (Wildman–Crippen LogP) is -1.10. The number of quaternary nitrogens is 1. The molecule has 0 amide bonds. The summed E-state index contributed by atoms with van der Waals surface area (Å²) >= 11 is 0. The predicted molar refractivity (Wildman–Crippen MR) is 76.3 cm³/mol. The van der Waals surface area contributed by atoms with Crippen molar-refractivity contribution in [3.8, 4) is 0 Å². The Hall–Kier alpha value is -0.120. The van der Waals surface area contributed by atoms with Gasteiger partial charge in [-0.15, -0.1) is 0 Å². The third-order valence-electron chi connectivity index (χ3n) is 2.48. The van der Waals surface area contributed by atoms with Crippen LogP contribution in [0.15, 0.2) is 25.3 Å². The molecule has 0 aromatic heterocycles. The Labute approximate surface area is 123 Å². The zero-order valence-electron chi connectivity index (χ0n) is 12.1. The highest BCUT2D eigenvalue weighted by Gasteiger charge is 2.23. The van der Waals surface area contributed by atoms with Gasteiger partial charge in [0.2, 0.25) is 0 Å². The van der Waals surface area contributed by atoms with Gasteiger partial charge in [0.1, 0.15) is 0 Å². The maximum absolute atomic E-state index is 12.2. The van der Waals surface area contributed by atoms with E-state index in [-0.39, 0.29) is 12.4 Å². The van der Waals surface area contributed by atoms with Gasteiger partial charge in [0.25, 0.3) is 0 Å². The van der Waals surface area contributed by atoms with Gasteiger partial charge in [-0.2, -0.15) is 0 Å². The first kappa shape index (κ1) is 21.2. The summed E-state index contributed by atoms with van der Waals surface area (Å²) in [5.41, 5.74) is 0. The summed E-state index contributed by atoms with van der Waals surface area (Å²) in [5.74, 6) is 0. The molecule has 0 aliphatic carbocycles.